The minimum atomic E-state index is -0.200. The van der Waals surface area contributed by atoms with E-state index >= 15 is 0 Å². The highest BCUT2D eigenvalue weighted by Crippen LogP contribution is 2.41. The van der Waals surface area contributed by atoms with E-state index in [9.17, 15) is 9.50 Å². The first-order valence-electron chi connectivity index (χ1n) is 10.1. The maximum atomic E-state index is 13.9. The van der Waals surface area contributed by atoms with Crippen LogP contribution in [-0.4, -0.2) is 16.6 Å². The third kappa shape index (κ3) is 3.44. The number of anilines is 1. The van der Waals surface area contributed by atoms with Gasteiger partial charge in [-0.15, -0.1) is 0 Å². The van der Waals surface area contributed by atoms with Gasteiger partial charge in [0.05, 0.1) is 5.52 Å². The van der Waals surface area contributed by atoms with Crippen LogP contribution in [0.3, 0.4) is 0 Å². The lowest BCUT2D eigenvalue weighted by atomic mass is 9.85. The van der Waals surface area contributed by atoms with Crippen LogP contribution in [0.15, 0.2) is 36.4 Å². The molecule has 0 unspecified atom stereocenters. The summed E-state index contributed by atoms with van der Waals surface area (Å²) in [5.74, 6) is 1.82. The molecular weight excluding hydrogens is 351 g/mol. The van der Waals surface area contributed by atoms with E-state index in [1.807, 2.05) is 18.2 Å². The Labute approximate surface area is 165 Å². The minimum absolute atomic E-state index is 0.198. The zero-order valence-corrected chi connectivity index (χ0v) is 16.7. The molecule has 1 saturated carbocycles. The van der Waals surface area contributed by atoms with E-state index in [-0.39, 0.29) is 17.5 Å². The Balaban J connectivity index is 1.94. The van der Waals surface area contributed by atoms with Crippen LogP contribution in [0.2, 0.25) is 0 Å². The van der Waals surface area contributed by atoms with Crippen LogP contribution in [0.25, 0.3) is 22.0 Å². The summed E-state index contributed by atoms with van der Waals surface area (Å²) in [4.78, 5) is 4.87. The molecule has 0 aliphatic heterocycles. The van der Waals surface area contributed by atoms with Crippen LogP contribution in [-0.2, 0) is 0 Å². The van der Waals surface area contributed by atoms with E-state index < -0.39 is 0 Å². The van der Waals surface area contributed by atoms with Gasteiger partial charge in [0, 0.05) is 23.6 Å². The summed E-state index contributed by atoms with van der Waals surface area (Å²) in [6.07, 6.45) is 3.84. The topological polar surface area (TPSA) is 45.2 Å². The number of phenols is 1. The number of hydrogen-bond acceptors (Lipinski definition) is 3. The first-order chi connectivity index (χ1) is 13.4. The fourth-order valence-corrected chi connectivity index (χ4v) is 4.01. The van der Waals surface area contributed by atoms with E-state index in [2.05, 4.69) is 19.2 Å². The van der Waals surface area contributed by atoms with Crippen LogP contribution in [0.4, 0.5) is 10.2 Å². The lowest BCUT2D eigenvalue weighted by Crippen LogP contribution is -2.22. The molecule has 0 amide bonds. The second-order valence-electron chi connectivity index (χ2n) is 8.25. The second-order valence-corrected chi connectivity index (χ2v) is 8.25. The summed E-state index contributed by atoms with van der Waals surface area (Å²) in [5.41, 5.74) is 4.56. The molecule has 0 bridgehead atoms. The maximum Gasteiger partial charge on any atom is 0.130 e. The number of fused-ring (bicyclic) bond motifs is 1. The monoisotopic (exact) mass is 378 g/mol. The highest BCUT2D eigenvalue weighted by atomic mass is 19.1. The van der Waals surface area contributed by atoms with Crippen molar-refractivity contribution in [3.05, 3.63) is 53.3 Å². The molecule has 146 valence electrons. The first kappa shape index (κ1) is 18.7. The van der Waals surface area contributed by atoms with Crippen LogP contribution < -0.4 is 5.32 Å². The predicted molar refractivity (Wildman–Crippen MR) is 113 cm³/mol. The number of hydrogen-bond donors (Lipinski definition) is 2. The molecule has 4 rings (SSSR count). The number of rotatable bonds is 5. The highest BCUT2D eigenvalue weighted by Gasteiger charge is 2.22. The largest absolute Gasteiger partial charge is 0.508 e. The summed E-state index contributed by atoms with van der Waals surface area (Å²) >= 11 is 0. The van der Waals surface area contributed by atoms with Crippen molar-refractivity contribution in [2.45, 2.75) is 46.0 Å². The first-order valence-corrected chi connectivity index (χ1v) is 10.1. The van der Waals surface area contributed by atoms with Crippen molar-refractivity contribution in [3.8, 4) is 16.9 Å². The van der Waals surface area contributed by atoms with Crippen LogP contribution in [0.5, 0.6) is 5.75 Å². The number of nitrogens with one attached hydrogen (secondary N) is 1. The molecule has 1 aliphatic rings. The molecule has 1 aromatic heterocycles. The molecule has 1 heterocycles. The Hall–Kier alpha value is -2.62. The Morgan fingerprint density at radius 2 is 1.96 bits per heavy atom. The van der Waals surface area contributed by atoms with Gasteiger partial charge in [-0.2, -0.15) is 0 Å². The maximum absolute atomic E-state index is 13.9. The summed E-state index contributed by atoms with van der Waals surface area (Å²) < 4.78 is 13.9. The van der Waals surface area contributed by atoms with Crippen molar-refractivity contribution in [1.29, 1.82) is 0 Å². The molecule has 28 heavy (non-hydrogen) atoms. The molecule has 3 nitrogen and oxygen atoms in total. The summed E-state index contributed by atoms with van der Waals surface area (Å²) in [6, 6.07) is 10.6. The molecule has 3 aromatic rings. The number of halogens is 1. The smallest absolute Gasteiger partial charge is 0.130 e. The normalized spacial score (nSPS) is 14.5. The fraction of sp³-hybridized carbons (Fsp3) is 0.375. The molecule has 2 aromatic carbocycles. The van der Waals surface area contributed by atoms with E-state index in [4.69, 9.17) is 4.98 Å². The molecule has 1 fully saturated rings. The van der Waals surface area contributed by atoms with Gasteiger partial charge < -0.3 is 10.4 Å². The van der Waals surface area contributed by atoms with Crippen molar-refractivity contribution in [2.75, 3.05) is 11.9 Å². The van der Waals surface area contributed by atoms with Gasteiger partial charge in [-0.05, 0) is 72.6 Å². The van der Waals surface area contributed by atoms with Crippen molar-refractivity contribution in [2.24, 2.45) is 5.92 Å². The summed E-state index contributed by atoms with van der Waals surface area (Å²) in [5, 5.41) is 14.5. The number of aromatic nitrogens is 1. The minimum Gasteiger partial charge on any atom is -0.508 e. The lowest BCUT2D eigenvalue weighted by Gasteiger charge is -2.27. The number of benzene rings is 2. The molecular formula is C24H27FN2O. The summed E-state index contributed by atoms with van der Waals surface area (Å²) in [7, 11) is 0. The molecule has 4 heteroatoms. The standard InChI is InChI=1S/C24H27FN2O/c1-14(2)22-23(17-7-10-20(25)15(3)11-17)19-9-8-18(28)12-21(19)27-24(22)26-13-16-5-4-6-16/h7-12,14,16,28H,4-6,13H2,1-3H3,(H,26,27). The van der Waals surface area contributed by atoms with Crippen molar-refractivity contribution in [1.82, 2.24) is 4.98 Å². The quantitative estimate of drug-likeness (QED) is 0.541. The number of aryl methyl sites for hydroxylation is 1. The zero-order chi connectivity index (χ0) is 19.8. The Bertz CT molecular complexity index is 1020. The Morgan fingerprint density at radius 3 is 2.61 bits per heavy atom. The van der Waals surface area contributed by atoms with Gasteiger partial charge in [0.1, 0.15) is 17.4 Å². The van der Waals surface area contributed by atoms with Crippen LogP contribution >= 0.6 is 0 Å². The van der Waals surface area contributed by atoms with Gasteiger partial charge in [-0.1, -0.05) is 26.3 Å². The predicted octanol–water partition coefficient (Wildman–Crippen LogP) is 6.39. The molecule has 1 aliphatic carbocycles. The van der Waals surface area contributed by atoms with Gasteiger partial charge in [0.15, 0.2) is 0 Å². The number of phenolic OH excluding ortho intramolecular Hbond substituents is 1. The average Bonchev–Trinajstić information content (AvgIpc) is 2.61. The van der Waals surface area contributed by atoms with Gasteiger partial charge in [0.25, 0.3) is 0 Å². The SMILES string of the molecule is Cc1cc(-c2c(C(C)C)c(NCC3CCC3)nc3cc(O)ccc23)ccc1F. The Morgan fingerprint density at radius 1 is 1.18 bits per heavy atom. The lowest BCUT2D eigenvalue weighted by molar-refractivity contribution is 0.333. The van der Waals surface area contributed by atoms with Crippen molar-refractivity contribution < 1.29 is 9.50 Å². The van der Waals surface area contributed by atoms with E-state index in [0.29, 0.717) is 11.5 Å². The fourth-order valence-electron chi connectivity index (χ4n) is 4.01. The number of nitrogens with zero attached hydrogens (tertiary/aromatic N) is 1. The van der Waals surface area contributed by atoms with E-state index in [0.717, 1.165) is 40.0 Å². The molecule has 2 N–H and O–H groups in total. The van der Waals surface area contributed by atoms with Gasteiger partial charge in [-0.3, -0.25) is 0 Å². The molecule has 0 spiro atoms. The van der Waals surface area contributed by atoms with Gasteiger partial charge >= 0.3 is 0 Å². The molecule has 0 atom stereocenters. The number of pyridine rings is 1. The van der Waals surface area contributed by atoms with Crippen LogP contribution in [0.1, 0.15) is 50.2 Å². The van der Waals surface area contributed by atoms with Crippen molar-refractivity contribution in [3.63, 3.8) is 0 Å². The summed E-state index contributed by atoms with van der Waals surface area (Å²) in [6.45, 7) is 7.03. The van der Waals surface area contributed by atoms with Crippen molar-refractivity contribution >= 4 is 16.7 Å². The highest BCUT2D eigenvalue weighted by molar-refractivity contribution is 5.99. The van der Waals surface area contributed by atoms with Gasteiger partial charge in [0.2, 0.25) is 0 Å². The second kappa shape index (κ2) is 7.42. The Kier molecular flexibility index (Phi) is 4.96. The average molecular weight is 378 g/mol. The van der Waals surface area contributed by atoms with Crippen LogP contribution in [0, 0.1) is 18.7 Å². The van der Waals surface area contributed by atoms with E-state index in [1.54, 1.807) is 19.1 Å². The third-order valence-electron chi connectivity index (χ3n) is 5.81. The van der Waals surface area contributed by atoms with Gasteiger partial charge in [-0.25, -0.2) is 9.37 Å². The number of aromatic hydroxyl groups is 1. The third-order valence-corrected chi connectivity index (χ3v) is 5.81. The molecule has 0 radical (unpaired) electrons. The van der Waals surface area contributed by atoms with E-state index in [1.165, 1.54) is 25.3 Å². The molecule has 0 saturated heterocycles. The zero-order valence-electron chi connectivity index (χ0n) is 16.7.